The summed E-state index contributed by atoms with van der Waals surface area (Å²) in [7, 11) is 1.56. The summed E-state index contributed by atoms with van der Waals surface area (Å²) in [6.07, 6.45) is 0.841. The van der Waals surface area contributed by atoms with Crippen LogP contribution in [-0.2, 0) is 23.8 Å². The van der Waals surface area contributed by atoms with Crippen molar-refractivity contribution in [1.29, 1.82) is 0 Å². The molecule has 0 radical (unpaired) electrons. The number of allylic oxidation sites excluding steroid dienone is 3. The summed E-state index contributed by atoms with van der Waals surface area (Å²) in [6, 6.07) is 9.52. The van der Waals surface area contributed by atoms with Crippen LogP contribution in [0.5, 0.6) is 0 Å². The van der Waals surface area contributed by atoms with Crippen LogP contribution in [-0.4, -0.2) is 30.9 Å². The summed E-state index contributed by atoms with van der Waals surface area (Å²) in [6.45, 7) is 9.28. The van der Waals surface area contributed by atoms with E-state index in [9.17, 15) is 9.59 Å². The minimum Gasteiger partial charge on any atom is -0.496 e. The number of hydrogen-bond acceptors (Lipinski definition) is 5. The smallest absolute Gasteiger partial charge is 0.216 e. The minimum atomic E-state index is -0.974. The molecule has 1 aliphatic rings. The lowest BCUT2D eigenvalue weighted by Gasteiger charge is -2.18. The van der Waals surface area contributed by atoms with Gasteiger partial charge in [0.15, 0.2) is 0 Å². The molecule has 0 heterocycles. The molecule has 1 aromatic rings. The van der Waals surface area contributed by atoms with E-state index < -0.39 is 5.92 Å². The van der Waals surface area contributed by atoms with Crippen molar-refractivity contribution < 1.29 is 23.8 Å². The van der Waals surface area contributed by atoms with E-state index in [1.165, 1.54) is 0 Å². The second-order valence-electron chi connectivity index (χ2n) is 7.33. The van der Waals surface area contributed by atoms with Gasteiger partial charge in [-0.05, 0) is 39.7 Å². The van der Waals surface area contributed by atoms with Crippen LogP contribution in [0.25, 0.3) is 5.76 Å². The molecule has 0 fully saturated rings. The van der Waals surface area contributed by atoms with Crippen LogP contribution in [0.3, 0.4) is 0 Å². The van der Waals surface area contributed by atoms with Crippen LogP contribution in [0.2, 0.25) is 0 Å². The molecule has 5 nitrogen and oxygen atoms in total. The van der Waals surface area contributed by atoms with E-state index in [4.69, 9.17) is 14.2 Å². The summed E-state index contributed by atoms with van der Waals surface area (Å²) >= 11 is 0. The van der Waals surface area contributed by atoms with Crippen molar-refractivity contribution in [2.45, 2.75) is 59.7 Å². The molecule has 2 rings (SSSR count). The van der Waals surface area contributed by atoms with Crippen LogP contribution < -0.4 is 0 Å². The van der Waals surface area contributed by atoms with E-state index in [2.05, 4.69) is 0 Å². The van der Waals surface area contributed by atoms with E-state index in [-0.39, 0.29) is 35.3 Å². The van der Waals surface area contributed by atoms with Gasteiger partial charge in [-0.25, -0.2) is 0 Å². The van der Waals surface area contributed by atoms with Gasteiger partial charge in [0.1, 0.15) is 11.7 Å². The van der Waals surface area contributed by atoms with Gasteiger partial charge in [0.25, 0.3) is 0 Å². The Kier molecular flexibility index (Phi) is 7.44. The number of rotatable bonds is 9. The van der Waals surface area contributed by atoms with Gasteiger partial charge in [0.05, 0.1) is 19.3 Å². The fourth-order valence-corrected chi connectivity index (χ4v) is 3.30. The Bertz CT molecular complexity index is 739. The molecular weight excluding hydrogens is 356 g/mol. The van der Waals surface area contributed by atoms with E-state index in [1.54, 1.807) is 7.11 Å². The number of carbonyl (C=O) groups excluding carboxylic acids is 2. The first-order valence-electron chi connectivity index (χ1n) is 9.80. The van der Waals surface area contributed by atoms with Crippen LogP contribution in [0, 0.1) is 5.92 Å². The number of ketones is 2. The third-order valence-electron chi connectivity index (χ3n) is 4.28. The molecule has 0 saturated carbocycles. The summed E-state index contributed by atoms with van der Waals surface area (Å²) in [5.74, 6) is -1.08. The first-order chi connectivity index (χ1) is 13.3. The van der Waals surface area contributed by atoms with Gasteiger partial charge in [0.2, 0.25) is 23.1 Å². The Morgan fingerprint density at radius 3 is 1.82 bits per heavy atom. The zero-order chi connectivity index (χ0) is 20.8. The Labute approximate surface area is 167 Å². The van der Waals surface area contributed by atoms with Crippen molar-refractivity contribution in [2.75, 3.05) is 7.11 Å². The average Bonchev–Trinajstić information content (AvgIpc) is 2.86. The average molecular weight is 386 g/mol. The standard InChI is InChI=1S/C23H30O5/c1-7-11-17(21(26-6)16-12-9-8-10-13-16)18-19(24)22(27-14(2)3)23(20(18)25)28-15(4)5/h8-10,12-15,18H,7,11H2,1-6H3/b21-17+. The zero-order valence-corrected chi connectivity index (χ0v) is 17.6. The SMILES string of the molecule is CCC/C(=C(\OC)c1ccccc1)C1C(=O)C(OC(C)C)=C(OC(C)C)C1=O. The van der Waals surface area contributed by atoms with Crippen molar-refractivity contribution in [2.24, 2.45) is 5.92 Å². The van der Waals surface area contributed by atoms with Crippen LogP contribution in [0.15, 0.2) is 47.4 Å². The molecular formula is C23H30O5. The van der Waals surface area contributed by atoms with Crippen molar-refractivity contribution in [3.63, 3.8) is 0 Å². The fourth-order valence-electron chi connectivity index (χ4n) is 3.30. The largest absolute Gasteiger partial charge is 0.496 e. The molecule has 0 unspecified atom stereocenters. The van der Waals surface area contributed by atoms with Crippen LogP contribution in [0.1, 0.15) is 53.0 Å². The number of benzene rings is 1. The molecule has 0 spiro atoms. The second kappa shape index (κ2) is 9.58. The highest BCUT2D eigenvalue weighted by Crippen LogP contribution is 2.38. The van der Waals surface area contributed by atoms with E-state index in [0.717, 1.165) is 12.0 Å². The van der Waals surface area contributed by atoms with Crippen molar-refractivity contribution >= 4 is 17.3 Å². The van der Waals surface area contributed by atoms with Crippen molar-refractivity contribution in [1.82, 2.24) is 0 Å². The van der Waals surface area contributed by atoms with Gasteiger partial charge < -0.3 is 14.2 Å². The highest BCUT2D eigenvalue weighted by atomic mass is 16.5. The second-order valence-corrected chi connectivity index (χ2v) is 7.33. The molecule has 0 amide bonds. The molecule has 5 heteroatoms. The van der Waals surface area contributed by atoms with Gasteiger partial charge in [-0.3, -0.25) is 9.59 Å². The highest BCUT2D eigenvalue weighted by Gasteiger charge is 2.47. The molecule has 0 atom stereocenters. The summed E-state index contributed by atoms with van der Waals surface area (Å²) < 4.78 is 17.1. The Morgan fingerprint density at radius 1 is 0.929 bits per heavy atom. The number of Topliss-reactive ketones (excluding diaryl/α,β-unsaturated/α-hetero) is 2. The summed E-state index contributed by atoms with van der Waals surface area (Å²) in [5, 5.41) is 0. The van der Waals surface area contributed by atoms with Gasteiger partial charge in [0, 0.05) is 5.56 Å². The number of methoxy groups -OCH3 is 1. The zero-order valence-electron chi connectivity index (χ0n) is 17.6. The normalized spacial score (nSPS) is 16.1. The molecule has 0 aliphatic heterocycles. The Hall–Kier alpha value is -2.56. The highest BCUT2D eigenvalue weighted by molar-refractivity contribution is 6.25. The molecule has 0 saturated heterocycles. The molecule has 28 heavy (non-hydrogen) atoms. The Morgan fingerprint density at radius 2 is 1.43 bits per heavy atom. The van der Waals surface area contributed by atoms with Gasteiger partial charge in [-0.2, -0.15) is 0 Å². The molecule has 1 aromatic carbocycles. The topological polar surface area (TPSA) is 61.8 Å². The molecule has 0 bridgehead atoms. The predicted octanol–water partition coefficient (Wildman–Crippen LogP) is 4.67. The van der Waals surface area contributed by atoms with Crippen molar-refractivity contribution in [3.05, 3.63) is 53.0 Å². The van der Waals surface area contributed by atoms with Gasteiger partial charge in [-0.1, -0.05) is 43.7 Å². The third kappa shape index (κ3) is 4.64. The molecule has 0 N–H and O–H groups in total. The monoisotopic (exact) mass is 386 g/mol. The lowest BCUT2D eigenvalue weighted by Crippen LogP contribution is -2.23. The molecule has 152 valence electrons. The van der Waals surface area contributed by atoms with E-state index >= 15 is 0 Å². The first kappa shape index (κ1) is 21.7. The van der Waals surface area contributed by atoms with Gasteiger partial charge in [-0.15, -0.1) is 0 Å². The Balaban J connectivity index is 2.58. The van der Waals surface area contributed by atoms with E-state index in [1.807, 2.05) is 65.0 Å². The number of hydrogen-bond donors (Lipinski definition) is 0. The third-order valence-corrected chi connectivity index (χ3v) is 4.28. The predicted molar refractivity (Wildman–Crippen MR) is 108 cm³/mol. The van der Waals surface area contributed by atoms with Crippen LogP contribution >= 0.6 is 0 Å². The van der Waals surface area contributed by atoms with Crippen molar-refractivity contribution in [3.8, 4) is 0 Å². The number of ether oxygens (including phenoxy) is 3. The minimum absolute atomic E-state index is 0.0239. The first-order valence-corrected chi connectivity index (χ1v) is 9.80. The lowest BCUT2D eigenvalue weighted by molar-refractivity contribution is -0.127. The van der Waals surface area contributed by atoms with Crippen LogP contribution in [0.4, 0.5) is 0 Å². The summed E-state index contributed by atoms with van der Waals surface area (Å²) in [4.78, 5) is 26.5. The maximum absolute atomic E-state index is 13.2. The van der Waals surface area contributed by atoms with E-state index in [0.29, 0.717) is 17.8 Å². The maximum atomic E-state index is 13.2. The van der Waals surface area contributed by atoms with Gasteiger partial charge >= 0.3 is 0 Å². The summed E-state index contributed by atoms with van der Waals surface area (Å²) in [5.41, 5.74) is 1.50. The molecule has 1 aliphatic carbocycles. The molecule has 0 aromatic heterocycles. The maximum Gasteiger partial charge on any atom is 0.216 e. The number of carbonyl (C=O) groups is 2. The fraction of sp³-hybridized carbons (Fsp3) is 0.478. The quantitative estimate of drug-likeness (QED) is 0.456. The lowest BCUT2D eigenvalue weighted by atomic mass is 9.88.